The zero-order valence-electron chi connectivity index (χ0n) is 18.5. The molecule has 0 aliphatic rings. The van der Waals surface area contributed by atoms with Crippen molar-refractivity contribution in [2.45, 2.75) is 129 Å². The Morgan fingerprint density at radius 1 is 0.519 bits per heavy atom. The zero-order valence-corrected chi connectivity index (χ0v) is 19.3. The van der Waals surface area contributed by atoms with E-state index in [1.54, 1.807) is 0 Å². The Labute approximate surface area is 170 Å². The summed E-state index contributed by atoms with van der Waals surface area (Å²) in [6, 6.07) is 0. The summed E-state index contributed by atoms with van der Waals surface area (Å²) in [4.78, 5) is 0. The fourth-order valence-corrected chi connectivity index (χ4v) is 4.29. The molecule has 166 valence electrons. The van der Waals surface area contributed by atoms with Crippen LogP contribution in [0.25, 0.3) is 0 Å². The molecule has 0 atom stereocenters. The molecule has 0 heterocycles. The maximum absolute atomic E-state index is 11.9. The summed E-state index contributed by atoms with van der Waals surface area (Å²) >= 11 is 0. The molecule has 0 aromatic carbocycles. The highest BCUT2D eigenvalue weighted by atomic mass is 32.2. The van der Waals surface area contributed by atoms with E-state index in [0.29, 0.717) is 6.61 Å². The maximum Gasteiger partial charge on any atom is 0.267 e. The first-order valence-corrected chi connectivity index (χ1v) is 13.1. The van der Waals surface area contributed by atoms with Crippen molar-refractivity contribution in [2.75, 3.05) is 12.4 Å². The van der Waals surface area contributed by atoms with Crippen molar-refractivity contribution >= 4 is 10.1 Å². The molecule has 5 heteroatoms. The Bertz CT molecular complexity index is 372. The van der Waals surface area contributed by atoms with Crippen molar-refractivity contribution in [1.29, 1.82) is 0 Å². The van der Waals surface area contributed by atoms with Gasteiger partial charge in [-0.25, -0.2) is 0 Å². The monoisotopic (exact) mass is 407 g/mol. The Kier molecular flexibility index (Phi) is 23.9. The summed E-state index contributed by atoms with van der Waals surface area (Å²) in [6.07, 6.45) is 21.8. The lowest BCUT2D eigenvalue weighted by Crippen LogP contribution is -2.11. The minimum atomic E-state index is -3.29. The molecule has 0 rings (SSSR count). The Morgan fingerprint density at radius 3 is 1.26 bits per heavy atom. The first-order chi connectivity index (χ1) is 12.6. The minimum absolute atomic E-state index is 0. The van der Waals surface area contributed by atoms with Gasteiger partial charge in [0.25, 0.3) is 10.1 Å². The van der Waals surface area contributed by atoms with E-state index in [0.717, 1.165) is 32.1 Å². The second-order valence-electron chi connectivity index (χ2n) is 7.74. The first-order valence-electron chi connectivity index (χ1n) is 11.5. The van der Waals surface area contributed by atoms with Crippen LogP contribution >= 0.6 is 0 Å². The lowest BCUT2D eigenvalue weighted by Gasteiger charge is -2.06. The van der Waals surface area contributed by atoms with Crippen molar-refractivity contribution in [1.82, 2.24) is 6.15 Å². The van der Waals surface area contributed by atoms with Gasteiger partial charge < -0.3 is 6.15 Å². The van der Waals surface area contributed by atoms with Crippen LogP contribution in [0.1, 0.15) is 129 Å². The zero-order chi connectivity index (χ0) is 19.3. The fourth-order valence-electron chi connectivity index (χ4n) is 3.25. The topological polar surface area (TPSA) is 78.4 Å². The van der Waals surface area contributed by atoms with Crippen LogP contribution in [0.3, 0.4) is 0 Å². The summed E-state index contributed by atoms with van der Waals surface area (Å²) in [6.45, 7) is 4.84. The van der Waals surface area contributed by atoms with E-state index in [9.17, 15) is 8.42 Å². The average Bonchev–Trinajstić information content (AvgIpc) is 2.62. The van der Waals surface area contributed by atoms with E-state index in [1.165, 1.54) is 83.5 Å². The van der Waals surface area contributed by atoms with Crippen molar-refractivity contribution in [3.8, 4) is 0 Å². The normalized spacial score (nSPS) is 11.5. The van der Waals surface area contributed by atoms with Crippen LogP contribution in [-0.4, -0.2) is 20.8 Å². The van der Waals surface area contributed by atoms with Gasteiger partial charge in [-0.05, 0) is 12.8 Å². The molecular weight excluding hydrogens is 358 g/mol. The molecule has 0 aromatic rings. The van der Waals surface area contributed by atoms with Crippen LogP contribution in [0.15, 0.2) is 0 Å². The number of unbranched alkanes of at least 4 members (excludes halogenated alkanes) is 16. The van der Waals surface area contributed by atoms with Gasteiger partial charge in [0.2, 0.25) is 0 Å². The fraction of sp³-hybridized carbons (Fsp3) is 1.00. The lowest BCUT2D eigenvalue weighted by molar-refractivity contribution is 0.305. The second kappa shape index (κ2) is 22.2. The molecule has 0 spiro atoms. The predicted molar refractivity (Wildman–Crippen MR) is 119 cm³/mol. The third-order valence-electron chi connectivity index (χ3n) is 5.01. The largest absolute Gasteiger partial charge is 0.344 e. The Balaban J connectivity index is 0. The highest BCUT2D eigenvalue weighted by Gasteiger charge is 2.10. The highest BCUT2D eigenvalue weighted by molar-refractivity contribution is 7.86. The molecule has 0 unspecified atom stereocenters. The molecule has 0 aromatic heterocycles. The molecule has 0 amide bonds. The van der Waals surface area contributed by atoms with Gasteiger partial charge in [0, 0.05) is 0 Å². The Hall–Kier alpha value is -0.130. The van der Waals surface area contributed by atoms with Gasteiger partial charge in [0.1, 0.15) is 0 Å². The molecule has 0 saturated carbocycles. The molecule has 0 radical (unpaired) electrons. The van der Waals surface area contributed by atoms with Crippen molar-refractivity contribution in [2.24, 2.45) is 0 Å². The third kappa shape index (κ3) is 23.8. The maximum atomic E-state index is 11.9. The molecule has 0 bridgehead atoms. The smallest absolute Gasteiger partial charge is 0.267 e. The van der Waals surface area contributed by atoms with E-state index in [-0.39, 0.29) is 11.9 Å². The van der Waals surface area contributed by atoms with E-state index in [4.69, 9.17) is 4.18 Å². The van der Waals surface area contributed by atoms with Crippen LogP contribution in [0.4, 0.5) is 0 Å². The predicted octanol–water partition coefficient (Wildman–Crippen LogP) is 7.56. The molecule has 0 aliphatic carbocycles. The van der Waals surface area contributed by atoms with Crippen LogP contribution in [0.2, 0.25) is 0 Å². The van der Waals surface area contributed by atoms with Crippen molar-refractivity contribution in [3.05, 3.63) is 0 Å². The number of rotatable bonds is 21. The van der Waals surface area contributed by atoms with Gasteiger partial charge in [0.05, 0.1) is 12.4 Å². The second-order valence-corrected chi connectivity index (χ2v) is 9.50. The lowest BCUT2D eigenvalue weighted by atomic mass is 10.1. The van der Waals surface area contributed by atoms with E-state index >= 15 is 0 Å². The van der Waals surface area contributed by atoms with Crippen molar-refractivity contribution in [3.63, 3.8) is 0 Å². The molecule has 27 heavy (non-hydrogen) atoms. The van der Waals surface area contributed by atoms with Gasteiger partial charge in [-0.3, -0.25) is 4.18 Å². The Morgan fingerprint density at radius 2 is 0.852 bits per heavy atom. The van der Waals surface area contributed by atoms with Crippen LogP contribution in [-0.2, 0) is 14.3 Å². The number of hydrogen-bond donors (Lipinski definition) is 1. The van der Waals surface area contributed by atoms with E-state index in [1.807, 2.05) is 0 Å². The summed E-state index contributed by atoms with van der Waals surface area (Å²) < 4.78 is 28.8. The van der Waals surface area contributed by atoms with Gasteiger partial charge in [-0.15, -0.1) is 0 Å². The van der Waals surface area contributed by atoms with Gasteiger partial charge >= 0.3 is 0 Å². The number of hydrogen-bond acceptors (Lipinski definition) is 4. The molecule has 0 saturated heterocycles. The minimum Gasteiger partial charge on any atom is -0.344 e. The average molecular weight is 408 g/mol. The van der Waals surface area contributed by atoms with Crippen LogP contribution < -0.4 is 6.15 Å². The summed E-state index contributed by atoms with van der Waals surface area (Å²) in [5.41, 5.74) is 0. The van der Waals surface area contributed by atoms with Gasteiger partial charge in [0.15, 0.2) is 0 Å². The SMILES string of the molecule is CCCCCCCCCCCOS(=O)(=O)CCCCCCCCCCC.N. The summed E-state index contributed by atoms with van der Waals surface area (Å²) in [5, 5.41) is 0. The molecule has 4 nitrogen and oxygen atoms in total. The van der Waals surface area contributed by atoms with E-state index < -0.39 is 10.1 Å². The molecule has 3 N–H and O–H groups in total. The van der Waals surface area contributed by atoms with Crippen molar-refractivity contribution < 1.29 is 12.6 Å². The summed E-state index contributed by atoms with van der Waals surface area (Å²) in [7, 11) is -3.29. The highest BCUT2D eigenvalue weighted by Crippen LogP contribution is 2.12. The summed E-state index contributed by atoms with van der Waals surface area (Å²) in [5.74, 6) is 0.195. The van der Waals surface area contributed by atoms with Gasteiger partial charge in [-0.1, -0.05) is 117 Å². The van der Waals surface area contributed by atoms with Crippen LogP contribution in [0.5, 0.6) is 0 Å². The first kappa shape index (κ1) is 29.1. The quantitative estimate of drug-likeness (QED) is 0.157. The standard InChI is InChI=1S/C22H46O3S.H3N/c1-3-5-7-9-11-13-15-17-19-21-25-26(23,24)22-20-18-16-14-12-10-8-6-4-2;/h3-22H2,1-2H3;1H3. The molecular formula is C22H49NO3S. The molecule has 0 fully saturated rings. The molecule has 0 aliphatic heterocycles. The van der Waals surface area contributed by atoms with E-state index in [2.05, 4.69) is 13.8 Å². The van der Waals surface area contributed by atoms with Crippen LogP contribution in [0, 0.1) is 0 Å². The van der Waals surface area contributed by atoms with Gasteiger partial charge in [-0.2, -0.15) is 8.42 Å². The third-order valence-corrected chi connectivity index (χ3v) is 6.32.